The fourth-order valence-electron chi connectivity index (χ4n) is 1.04. The van der Waals surface area contributed by atoms with Crippen LogP contribution in [0.25, 0.3) is 0 Å². The second-order valence-corrected chi connectivity index (χ2v) is 2.90. The Kier molecular flexibility index (Phi) is 4.79. The van der Waals surface area contributed by atoms with Gasteiger partial charge in [0.05, 0.1) is 12.7 Å². The van der Waals surface area contributed by atoms with Crippen molar-refractivity contribution in [3.63, 3.8) is 0 Å². The molecule has 0 amide bonds. The first-order valence-electron chi connectivity index (χ1n) is 4.75. The summed E-state index contributed by atoms with van der Waals surface area (Å²) in [6, 6.07) is 2.87. The largest absolute Gasteiger partial charge is 0.433 e. The molecule has 0 saturated heterocycles. The molecule has 0 radical (unpaired) electrons. The molecule has 0 aliphatic heterocycles. The Morgan fingerprint density at radius 3 is 3.00 bits per heavy atom. The molecule has 15 heavy (non-hydrogen) atoms. The van der Waals surface area contributed by atoms with E-state index in [4.69, 9.17) is 9.15 Å². The van der Waals surface area contributed by atoms with Crippen LogP contribution in [0.4, 0.5) is 5.88 Å². The van der Waals surface area contributed by atoms with E-state index in [0.717, 1.165) is 13.1 Å². The van der Waals surface area contributed by atoms with Crippen LogP contribution in [0.3, 0.4) is 0 Å². The standard InChI is InChI=1S/C9H14N2O4/c1-2-10-5-6-14-7-8-3-4-9(15-8)11(12)13/h3-4,10H,2,5-7H2,1H3. The van der Waals surface area contributed by atoms with E-state index in [0.29, 0.717) is 12.4 Å². The molecule has 1 heterocycles. The Bertz CT molecular complexity index is 311. The van der Waals surface area contributed by atoms with Crippen molar-refractivity contribution in [2.24, 2.45) is 0 Å². The maximum Gasteiger partial charge on any atom is 0.433 e. The molecule has 6 nitrogen and oxygen atoms in total. The molecule has 0 fully saturated rings. The zero-order chi connectivity index (χ0) is 11.1. The van der Waals surface area contributed by atoms with Crippen molar-refractivity contribution in [2.75, 3.05) is 19.7 Å². The van der Waals surface area contributed by atoms with E-state index in [9.17, 15) is 10.1 Å². The van der Waals surface area contributed by atoms with Crippen LogP contribution >= 0.6 is 0 Å². The minimum atomic E-state index is -0.567. The number of rotatable bonds is 7. The molecule has 0 spiro atoms. The van der Waals surface area contributed by atoms with Gasteiger partial charge in [-0.1, -0.05) is 6.92 Å². The molecule has 0 atom stereocenters. The lowest BCUT2D eigenvalue weighted by atomic mass is 10.5. The van der Waals surface area contributed by atoms with Gasteiger partial charge in [-0.3, -0.25) is 10.1 Å². The average molecular weight is 214 g/mol. The number of ether oxygens (including phenoxy) is 1. The summed E-state index contributed by atoms with van der Waals surface area (Å²) in [6.07, 6.45) is 0. The third-order valence-corrected chi connectivity index (χ3v) is 1.74. The van der Waals surface area contributed by atoms with Crippen molar-refractivity contribution in [3.8, 4) is 0 Å². The minimum Gasteiger partial charge on any atom is -0.403 e. The van der Waals surface area contributed by atoms with E-state index in [-0.39, 0.29) is 12.5 Å². The van der Waals surface area contributed by atoms with Crippen molar-refractivity contribution >= 4 is 5.88 Å². The predicted molar refractivity (Wildman–Crippen MR) is 53.6 cm³/mol. The van der Waals surface area contributed by atoms with Crippen molar-refractivity contribution in [1.82, 2.24) is 5.32 Å². The van der Waals surface area contributed by atoms with Crippen LogP contribution in [0.1, 0.15) is 12.7 Å². The molecule has 84 valence electrons. The molecule has 0 aromatic carbocycles. The molecule has 1 N–H and O–H groups in total. The summed E-state index contributed by atoms with van der Waals surface area (Å²) < 4.78 is 10.1. The summed E-state index contributed by atoms with van der Waals surface area (Å²) in [5, 5.41) is 13.4. The first kappa shape index (κ1) is 11.7. The Balaban J connectivity index is 2.23. The molecule has 0 unspecified atom stereocenters. The highest BCUT2D eigenvalue weighted by Gasteiger charge is 2.11. The third-order valence-electron chi connectivity index (χ3n) is 1.74. The number of likely N-dealkylation sites (N-methyl/N-ethyl adjacent to an activating group) is 1. The van der Waals surface area contributed by atoms with E-state index in [1.165, 1.54) is 6.07 Å². The number of hydrogen-bond donors (Lipinski definition) is 1. The van der Waals surface area contributed by atoms with Gasteiger partial charge in [-0.25, -0.2) is 0 Å². The van der Waals surface area contributed by atoms with Crippen LogP contribution in [0.15, 0.2) is 16.5 Å². The first-order valence-corrected chi connectivity index (χ1v) is 4.75. The summed E-state index contributed by atoms with van der Waals surface area (Å²) in [7, 11) is 0. The number of nitro groups is 1. The fraction of sp³-hybridized carbons (Fsp3) is 0.556. The minimum absolute atomic E-state index is 0.250. The van der Waals surface area contributed by atoms with Crippen LogP contribution in [0.5, 0.6) is 0 Å². The highest BCUT2D eigenvalue weighted by Crippen LogP contribution is 2.15. The van der Waals surface area contributed by atoms with Crippen molar-refractivity contribution < 1.29 is 14.1 Å². The molecular weight excluding hydrogens is 200 g/mol. The number of nitrogens with one attached hydrogen (secondary N) is 1. The zero-order valence-electron chi connectivity index (χ0n) is 8.56. The van der Waals surface area contributed by atoms with Gasteiger partial charge in [0.2, 0.25) is 0 Å². The molecule has 0 bridgehead atoms. The molecule has 0 aliphatic rings. The van der Waals surface area contributed by atoms with Crippen LogP contribution in [0, 0.1) is 10.1 Å². The SMILES string of the molecule is CCNCCOCc1ccc([N+](=O)[O-])o1. The first-order chi connectivity index (χ1) is 7.24. The third kappa shape index (κ3) is 4.09. The highest BCUT2D eigenvalue weighted by atomic mass is 16.6. The maximum absolute atomic E-state index is 10.3. The summed E-state index contributed by atoms with van der Waals surface area (Å²) >= 11 is 0. The Morgan fingerprint density at radius 1 is 1.60 bits per heavy atom. The molecule has 1 rings (SSSR count). The monoisotopic (exact) mass is 214 g/mol. The lowest BCUT2D eigenvalue weighted by Crippen LogP contribution is -2.18. The van der Waals surface area contributed by atoms with Gasteiger partial charge in [0.25, 0.3) is 0 Å². The maximum atomic E-state index is 10.3. The molecule has 6 heteroatoms. The Labute approximate surface area is 87.4 Å². The number of furan rings is 1. The summed E-state index contributed by atoms with van der Waals surface area (Å²) in [4.78, 5) is 9.72. The molecule has 1 aromatic rings. The molecule has 0 aliphatic carbocycles. The average Bonchev–Trinajstić information content (AvgIpc) is 2.66. The highest BCUT2D eigenvalue weighted by molar-refractivity contribution is 5.17. The van der Waals surface area contributed by atoms with Crippen LogP contribution in [0.2, 0.25) is 0 Å². The van der Waals surface area contributed by atoms with E-state index < -0.39 is 4.92 Å². The summed E-state index contributed by atoms with van der Waals surface area (Å²) in [5.41, 5.74) is 0. The van der Waals surface area contributed by atoms with E-state index in [1.54, 1.807) is 6.07 Å². The predicted octanol–water partition coefficient (Wildman–Crippen LogP) is 1.31. The van der Waals surface area contributed by atoms with E-state index in [1.807, 2.05) is 6.92 Å². The topological polar surface area (TPSA) is 77.5 Å². The van der Waals surface area contributed by atoms with Gasteiger partial charge in [0.15, 0.2) is 0 Å². The van der Waals surface area contributed by atoms with E-state index >= 15 is 0 Å². The second-order valence-electron chi connectivity index (χ2n) is 2.90. The lowest BCUT2D eigenvalue weighted by Gasteiger charge is -2.01. The van der Waals surface area contributed by atoms with Gasteiger partial charge in [0, 0.05) is 6.54 Å². The van der Waals surface area contributed by atoms with E-state index in [2.05, 4.69) is 5.32 Å². The van der Waals surface area contributed by atoms with Crippen molar-refractivity contribution in [1.29, 1.82) is 0 Å². The van der Waals surface area contributed by atoms with Gasteiger partial charge in [-0.2, -0.15) is 0 Å². The fourth-order valence-corrected chi connectivity index (χ4v) is 1.04. The Morgan fingerprint density at radius 2 is 2.40 bits per heavy atom. The summed E-state index contributed by atoms with van der Waals surface area (Å²) in [6.45, 7) is 4.49. The van der Waals surface area contributed by atoms with Gasteiger partial charge in [-0.05, 0) is 12.6 Å². The quantitative estimate of drug-likeness (QED) is 0.420. The van der Waals surface area contributed by atoms with Gasteiger partial charge < -0.3 is 14.5 Å². The molecule has 1 aromatic heterocycles. The van der Waals surface area contributed by atoms with Crippen LogP contribution < -0.4 is 5.32 Å². The zero-order valence-corrected chi connectivity index (χ0v) is 8.56. The van der Waals surface area contributed by atoms with Gasteiger partial charge >= 0.3 is 5.88 Å². The van der Waals surface area contributed by atoms with Crippen LogP contribution in [-0.4, -0.2) is 24.6 Å². The van der Waals surface area contributed by atoms with Crippen molar-refractivity contribution in [2.45, 2.75) is 13.5 Å². The van der Waals surface area contributed by atoms with Crippen molar-refractivity contribution in [3.05, 3.63) is 28.0 Å². The number of hydrogen-bond acceptors (Lipinski definition) is 5. The van der Waals surface area contributed by atoms with Gasteiger partial charge in [-0.15, -0.1) is 0 Å². The smallest absolute Gasteiger partial charge is 0.403 e. The molecule has 0 saturated carbocycles. The van der Waals surface area contributed by atoms with Gasteiger partial charge in [0.1, 0.15) is 17.3 Å². The molecular formula is C9H14N2O4. The lowest BCUT2D eigenvalue weighted by molar-refractivity contribution is -0.402. The van der Waals surface area contributed by atoms with Crippen LogP contribution in [-0.2, 0) is 11.3 Å². The normalized spacial score (nSPS) is 10.5. The number of nitrogens with zero attached hydrogens (tertiary/aromatic N) is 1. The summed E-state index contributed by atoms with van der Waals surface area (Å²) in [5.74, 6) is 0.221. The second kappa shape index (κ2) is 6.15. The Hall–Kier alpha value is -1.40.